The highest BCUT2D eigenvalue weighted by atomic mass is 32.2. The molecular weight excluding hydrogens is 358 g/mol. The van der Waals surface area contributed by atoms with Gasteiger partial charge >= 0.3 is 0 Å². The smallest absolute Gasteiger partial charge is 0.240 e. The highest BCUT2D eigenvalue weighted by molar-refractivity contribution is 8.00. The van der Waals surface area contributed by atoms with Gasteiger partial charge in [-0.2, -0.15) is 4.68 Å². The molecule has 1 aliphatic rings. The van der Waals surface area contributed by atoms with Crippen LogP contribution in [0.25, 0.3) is 5.69 Å². The SMILES string of the molecule is Cc1cccc(C)c1-n1nnnc1S[C@@H](C)C(=O)N1CCc2ccccc21. The molecule has 2 heterocycles. The summed E-state index contributed by atoms with van der Waals surface area (Å²) in [5.41, 5.74) is 5.40. The third-order valence-electron chi connectivity index (χ3n) is 4.88. The first-order valence-corrected chi connectivity index (χ1v) is 9.85. The van der Waals surface area contributed by atoms with Gasteiger partial charge in [0.15, 0.2) is 0 Å². The summed E-state index contributed by atoms with van der Waals surface area (Å²) in [6.45, 7) is 6.71. The number of para-hydroxylation sites is 2. The van der Waals surface area contributed by atoms with Crippen LogP contribution in [0.4, 0.5) is 5.69 Å². The van der Waals surface area contributed by atoms with Crippen molar-refractivity contribution in [3.63, 3.8) is 0 Å². The largest absolute Gasteiger partial charge is 0.311 e. The van der Waals surface area contributed by atoms with Gasteiger partial charge in [0.1, 0.15) is 0 Å². The number of benzene rings is 2. The number of carbonyl (C=O) groups is 1. The Hall–Kier alpha value is -2.67. The first-order chi connectivity index (χ1) is 13.1. The van der Waals surface area contributed by atoms with E-state index in [1.165, 1.54) is 17.3 Å². The van der Waals surface area contributed by atoms with E-state index in [1.807, 2.05) is 62.1 Å². The summed E-state index contributed by atoms with van der Waals surface area (Å²) in [5, 5.41) is 12.5. The fraction of sp³-hybridized carbons (Fsp3) is 0.300. The lowest BCUT2D eigenvalue weighted by Crippen LogP contribution is -2.35. The summed E-state index contributed by atoms with van der Waals surface area (Å²) >= 11 is 1.39. The number of fused-ring (bicyclic) bond motifs is 1. The molecule has 0 unspecified atom stereocenters. The molecule has 0 N–H and O–H groups in total. The van der Waals surface area contributed by atoms with Crippen molar-refractivity contribution in [3.05, 3.63) is 59.2 Å². The molecule has 27 heavy (non-hydrogen) atoms. The van der Waals surface area contributed by atoms with Crippen molar-refractivity contribution in [1.29, 1.82) is 0 Å². The lowest BCUT2D eigenvalue weighted by Gasteiger charge is -2.21. The first-order valence-electron chi connectivity index (χ1n) is 8.97. The van der Waals surface area contributed by atoms with Crippen LogP contribution in [-0.4, -0.2) is 37.9 Å². The number of aromatic nitrogens is 4. The Morgan fingerprint density at radius 1 is 1.11 bits per heavy atom. The van der Waals surface area contributed by atoms with Crippen LogP contribution in [0.3, 0.4) is 0 Å². The van der Waals surface area contributed by atoms with E-state index in [9.17, 15) is 4.79 Å². The molecule has 0 radical (unpaired) electrons. The molecule has 0 saturated carbocycles. The molecule has 6 nitrogen and oxygen atoms in total. The van der Waals surface area contributed by atoms with Gasteiger partial charge in [-0.05, 0) is 60.4 Å². The molecule has 0 bridgehead atoms. The van der Waals surface area contributed by atoms with E-state index in [0.717, 1.165) is 35.5 Å². The number of amides is 1. The van der Waals surface area contributed by atoms with Crippen LogP contribution in [0.1, 0.15) is 23.6 Å². The van der Waals surface area contributed by atoms with Crippen LogP contribution in [-0.2, 0) is 11.2 Å². The van der Waals surface area contributed by atoms with Crippen molar-refractivity contribution in [2.75, 3.05) is 11.4 Å². The number of rotatable bonds is 4. The number of aryl methyl sites for hydroxylation is 2. The highest BCUT2D eigenvalue weighted by Gasteiger charge is 2.29. The molecule has 138 valence electrons. The predicted octanol–water partition coefficient (Wildman–Crippen LogP) is 3.35. The number of tetrazole rings is 1. The van der Waals surface area contributed by atoms with Crippen molar-refractivity contribution < 1.29 is 4.79 Å². The third kappa shape index (κ3) is 3.23. The van der Waals surface area contributed by atoms with Crippen molar-refractivity contribution >= 4 is 23.4 Å². The van der Waals surface area contributed by atoms with E-state index >= 15 is 0 Å². The minimum atomic E-state index is -0.287. The monoisotopic (exact) mass is 379 g/mol. The Morgan fingerprint density at radius 2 is 1.85 bits per heavy atom. The quantitative estimate of drug-likeness (QED) is 0.651. The topological polar surface area (TPSA) is 63.9 Å². The average Bonchev–Trinajstić information content (AvgIpc) is 3.28. The summed E-state index contributed by atoms with van der Waals surface area (Å²) in [5.74, 6) is 0.0843. The van der Waals surface area contributed by atoms with Crippen molar-refractivity contribution in [2.24, 2.45) is 0 Å². The summed E-state index contributed by atoms with van der Waals surface area (Å²) in [7, 11) is 0. The number of nitrogens with zero attached hydrogens (tertiary/aromatic N) is 5. The van der Waals surface area contributed by atoms with Crippen molar-refractivity contribution in [3.8, 4) is 5.69 Å². The maximum atomic E-state index is 13.0. The van der Waals surface area contributed by atoms with Crippen molar-refractivity contribution in [1.82, 2.24) is 20.2 Å². The maximum absolute atomic E-state index is 13.0. The zero-order valence-corrected chi connectivity index (χ0v) is 16.4. The summed E-state index contributed by atoms with van der Waals surface area (Å²) < 4.78 is 1.73. The van der Waals surface area contributed by atoms with Gasteiger partial charge < -0.3 is 4.90 Å². The van der Waals surface area contributed by atoms with Crippen LogP contribution < -0.4 is 4.90 Å². The van der Waals surface area contributed by atoms with Gasteiger partial charge in [0.2, 0.25) is 11.1 Å². The number of anilines is 1. The normalized spacial score (nSPS) is 14.3. The molecular formula is C20H21N5OS. The zero-order valence-electron chi connectivity index (χ0n) is 15.6. The molecule has 0 saturated heterocycles. The van der Waals surface area contributed by atoms with Crippen LogP contribution in [0, 0.1) is 13.8 Å². The average molecular weight is 379 g/mol. The molecule has 1 aromatic heterocycles. The maximum Gasteiger partial charge on any atom is 0.240 e. The highest BCUT2D eigenvalue weighted by Crippen LogP contribution is 2.32. The van der Waals surface area contributed by atoms with Gasteiger partial charge in [-0.25, -0.2) is 0 Å². The summed E-state index contributed by atoms with van der Waals surface area (Å²) in [4.78, 5) is 14.9. The zero-order chi connectivity index (χ0) is 19.0. The van der Waals surface area contributed by atoms with E-state index in [4.69, 9.17) is 0 Å². The summed E-state index contributed by atoms with van der Waals surface area (Å²) in [6.07, 6.45) is 0.902. The number of hydrogen-bond donors (Lipinski definition) is 0. The molecule has 3 aromatic rings. The van der Waals surface area contributed by atoms with E-state index in [1.54, 1.807) is 4.68 Å². The Kier molecular flexibility index (Phi) is 4.70. The van der Waals surface area contributed by atoms with Gasteiger partial charge in [0, 0.05) is 12.2 Å². The molecule has 0 fully saturated rings. The van der Waals surface area contributed by atoms with E-state index < -0.39 is 0 Å². The third-order valence-corrected chi connectivity index (χ3v) is 5.90. The number of carbonyl (C=O) groups excluding carboxylic acids is 1. The first kappa shape index (κ1) is 17.7. The van der Waals surface area contributed by atoms with E-state index in [0.29, 0.717) is 5.16 Å². The van der Waals surface area contributed by atoms with Gasteiger partial charge in [0.25, 0.3) is 0 Å². The number of thioether (sulfide) groups is 1. The molecule has 1 atom stereocenters. The van der Waals surface area contributed by atoms with Crippen LogP contribution in [0.15, 0.2) is 47.6 Å². The molecule has 2 aromatic carbocycles. The Morgan fingerprint density at radius 3 is 2.63 bits per heavy atom. The van der Waals surface area contributed by atoms with Crippen LogP contribution in [0.5, 0.6) is 0 Å². The molecule has 7 heteroatoms. The lowest BCUT2D eigenvalue weighted by molar-refractivity contribution is -0.117. The molecule has 1 amide bonds. The Bertz CT molecular complexity index is 979. The van der Waals surface area contributed by atoms with Gasteiger partial charge in [-0.1, -0.05) is 48.2 Å². The summed E-state index contributed by atoms with van der Waals surface area (Å²) in [6, 6.07) is 14.2. The van der Waals surface area contributed by atoms with E-state index in [-0.39, 0.29) is 11.2 Å². The van der Waals surface area contributed by atoms with Crippen LogP contribution >= 0.6 is 11.8 Å². The second-order valence-corrected chi connectivity index (χ2v) is 8.05. The van der Waals surface area contributed by atoms with Crippen LogP contribution in [0.2, 0.25) is 0 Å². The minimum Gasteiger partial charge on any atom is -0.311 e. The lowest BCUT2D eigenvalue weighted by atomic mass is 10.1. The standard InChI is InChI=1S/C20H21N5OS/c1-13-7-6-8-14(2)18(13)25-20(21-22-23-25)27-15(3)19(26)24-12-11-16-9-4-5-10-17(16)24/h4-10,15H,11-12H2,1-3H3/t15-/m0/s1. The van der Waals surface area contributed by atoms with Gasteiger partial charge in [-0.3, -0.25) is 4.79 Å². The van der Waals surface area contributed by atoms with E-state index in [2.05, 4.69) is 21.6 Å². The molecule has 0 spiro atoms. The second-order valence-electron chi connectivity index (χ2n) is 6.74. The van der Waals surface area contributed by atoms with Gasteiger partial charge in [0.05, 0.1) is 10.9 Å². The fourth-order valence-corrected chi connectivity index (χ4v) is 4.38. The van der Waals surface area contributed by atoms with Crippen molar-refractivity contribution in [2.45, 2.75) is 37.6 Å². The molecule has 1 aliphatic heterocycles. The van der Waals surface area contributed by atoms with Gasteiger partial charge in [-0.15, -0.1) is 5.10 Å². The molecule has 0 aliphatic carbocycles. The number of hydrogen-bond acceptors (Lipinski definition) is 5. The predicted molar refractivity (Wildman–Crippen MR) is 106 cm³/mol. The Labute approximate surface area is 162 Å². The Balaban J connectivity index is 1.58. The minimum absolute atomic E-state index is 0.0843. The molecule has 4 rings (SSSR count). The fourth-order valence-electron chi connectivity index (χ4n) is 3.53. The second kappa shape index (κ2) is 7.15.